The third-order valence-electron chi connectivity index (χ3n) is 4.19. The number of hydrogen-bond acceptors (Lipinski definition) is 3. The summed E-state index contributed by atoms with van der Waals surface area (Å²) in [5, 5.41) is 5.58. The largest absolute Gasteiger partial charge is 0.372 e. The Kier molecular flexibility index (Phi) is 4.08. The molecule has 0 aromatic heterocycles. The maximum absolute atomic E-state index is 12.2. The van der Waals surface area contributed by atoms with Crippen molar-refractivity contribution in [2.24, 2.45) is 0 Å². The molecule has 2 aliphatic heterocycles. The zero-order valence-corrected chi connectivity index (χ0v) is 12.1. The van der Waals surface area contributed by atoms with E-state index in [1.165, 1.54) is 18.5 Å². The lowest BCUT2D eigenvalue weighted by Gasteiger charge is -2.23. The van der Waals surface area contributed by atoms with Crippen LogP contribution >= 0.6 is 0 Å². The van der Waals surface area contributed by atoms with Crippen molar-refractivity contribution in [1.29, 1.82) is 0 Å². The molecule has 2 fully saturated rings. The zero-order valence-electron chi connectivity index (χ0n) is 12.1. The second-order valence-corrected chi connectivity index (χ2v) is 5.70. The summed E-state index contributed by atoms with van der Waals surface area (Å²) in [5.74, 6) is -0.256. The van der Waals surface area contributed by atoms with Crippen molar-refractivity contribution in [2.75, 3.05) is 24.5 Å². The van der Waals surface area contributed by atoms with Crippen molar-refractivity contribution in [3.05, 3.63) is 29.8 Å². The molecule has 112 valence electrons. The van der Waals surface area contributed by atoms with Gasteiger partial charge in [-0.15, -0.1) is 0 Å². The Morgan fingerprint density at radius 3 is 2.52 bits per heavy atom. The number of hydrogen-bond donors (Lipinski definition) is 2. The summed E-state index contributed by atoms with van der Waals surface area (Å²) in [6.45, 7) is 2.89. The van der Waals surface area contributed by atoms with Crippen LogP contribution in [-0.2, 0) is 4.79 Å². The lowest BCUT2D eigenvalue weighted by Crippen LogP contribution is -2.50. The van der Waals surface area contributed by atoms with Gasteiger partial charge in [-0.3, -0.25) is 9.59 Å². The van der Waals surface area contributed by atoms with Gasteiger partial charge in [-0.1, -0.05) is 0 Å². The van der Waals surface area contributed by atoms with E-state index in [1.54, 1.807) is 0 Å². The van der Waals surface area contributed by atoms with Crippen molar-refractivity contribution in [3.8, 4) is 0 Å². The third-order valence-corrected chi connectivity index (χ3v) is 4.19. The number of carbonyl (C=O) groups is 2. The molecule has 5 heteroatoms. The van der Waals surface area contributed by atoms with E-state index in [9.17, 15) is 9.59 Å². The summed E-state index contributed by atoms with van der Waals surface area (Å²) in [4.78, 5) is 26.2. The van der Waals surface area contributed by atoms with Crippen LogP contribution in [0.25, 0.3) is 0 Å². The van der Waals surface area contributed by atoms with Gasteiger partial charge in [0.2, 0.25) is 5.91 Å². The first-order valence-electron chi connectivity index (χ1n) is 7.67. The number of rotatable bonds is 3. The van der Waals surface area contributed by atoms with Gasteiger partial charge in [0.25, 0.3) is 5.91 Å². The number of nitrogens with zero attached hydrogens (tertiary/aromatic N) is 1. The molecule has 0 unspecified atom stereocenters. The molecule has 0 bridgehead atoms. The second kappa shape index (κ2) is 6.16. The zero-order chi connectivity index (χ0) is 14.7. The normalized spacial score (nSPS) is 22.0. The maximum atomic E-state index is 12.2. The van der Waals surface area contributed by atoms with E-state index < -0.39 is 6.04 Å². The number of carbonyl (C=O) groups excluding carboxylic acids is 2. The summed E-state index contributed by atoms with van der Waals surface area (Å²) in [5.41, 5.74) is 1.77. The van der Waals surface area contributed by atoms with Crippen LogP contribution < -0.4 is 15.5 Å². The monoisotopic (exact) mass is 287 g/mol. The molecular formula is C16H21N3O2. The number of benzene rings is 1. The van der Waals surface area contributed by atoms with Crippen LogP contribution in [0.1, 0.15) is 36.0 Å². The highest BCUT2D eigenvalue weighted by molar-refractivity contribution is 5.97. The summed E-state index contributed by atoms with van der Waals surface area (Å²) in [6.07, 6.45) is 4.09. The van der Waals surface area contributed by atoms with E-state index in [1.807, 2.05) is 24.3 Å². The Labute approximate surface area is 124 Å². The Balaban J connectivity index is 1.63. The highest BCUT2D eigenvalue weighted by Crippen LogP contribution is 2.20. The van der Waals surface area contributed by atoms with Crippen molar-refractivity contribution in [1.82, 2.24) is 10.6 Å². The van der Waals surface area contributed by atoms with Gasteiger partial charge in [0.05, 0.1) is 0 Å². The van der Waals surface area contributed by atoms with E-state index >= 15 is 0 Å². The van der Waals surface area contributed by atoms with Gasteiger partial charge < -0.3 is 15.5 Å². The molecule has 2 amide bonds. The highest BCUT2D eigenvalue weighted by Gasteiger charge is 2.24. The van der Waals surface area contributed by atoms with Crippen LogP contribution in [0, 0.1) is 0 Å². The lowest BCUT2D eigenvalue weighted by molar-refractivity contribution is -0.124. The Bertz CT molecular complexity index is 521. The van der Waals surface area contributed by atoms with E-state index in [4.69, 9.17) is 0 Å². The molecule has 1 atom stereocenters. The van der Waals surface area contributed by atoms with Gasteiger partial charge in [0.15, 0.2) is 0 Å². The van der Waals surface area contributed by atoms with Gasteiger partial charge in [-0.2, -0.15) is 0 Å². The molecule has 0 radical (unpaired) electrons. The van der Waals surface area contributed by atoms with E-state index in [-0.39, 0.29) is 11.8 Å². The van der Waals surface area contributed by atoms with Crippen molar-refractivity contribution >= 4 is 17.5 Å². The van der Waals surface area contributed by atoms with Gasteiger partial charge in [0, 0.05) is 30.9 Å². The van der Waals surface area contributed by atoms with Crippen LogP contribution in [0.2, 0.25) is 0 Å². The first-order chi connectivity index (χ1) is 10.2. The van der Waals surface area contributed by atoms with Crippen LogP contribution in [-0.4, -0.2) is 37.5 Å². The maximum Gasteiger partial charge on any atom is 0.251 e. The summed E-state index contributed by atoms with van der Waals surface area (Å²) >= 11 is 0. The van der Waals surface area contributed by atoms with Gasteiger partial charge >= 0.3 is 0 Å². The SMILES string of the molecule is O=C(N[C@H]1CCCNC1=O)c1ccc(N2CCCC2)cc1. The molecule has 0 saturated carbocycles. The minimum atomic E-state index is -0.399. The van der Waals surface area contributed by atoms with Crippen LogP contribution in [0.4, 0.5) is 5.69 Å². The lowest BCUT2D eigenvalue weighted by atomic mass is 10.1. The van der Waals surface area contributed by atoms with Gasteiger partial charge in [0.1, 0.15) is 6.04 Å². The minimum Gasteiger partial charge on any atom is -0.372 e. The molecular weight excluding hydrogens is 266 g/mol. The second-order valence-electron chi connectivity index (χ2n) is 5.70. The molecule has 3 rings (SSSR count). The number of anilines is 1. The first-order valence-corrected chi connectivity index (χ1v) is 7.67. The average Bonchev–Trinajstić information content (AvgIpc) is 3.04. The fourth-order valence-electron chi connectivity index (χ4n) is 2.95. The minimum absolute atomic E-state index is 0.0803. The molecule has 2 heterocycles. The Morgan fingerprint density at radius 2 is 1.86 bits per heavy atom. The molecule has 21 heavy (non-hydrogen) atoms. The van der Waals surface area contributed by atoms with Crippen molar-refractivity contribution in [2.45, 2.75) is 31.7 Å². The van der Waals surface area contributed by atoms with Crippen LogP contribution in [0.3, 0.4) is 0 Å². The van der Waals surface area contributed by atoms with E-state index in [0.717, 1.165) is 19.5 Å². The predicted molar refractivity (Wildman–Crippen MR) is 81.4 cm³/mol. The molecule has 1 aromatic rings. The molecule has 2 N–H and O–H groups in total. The summed E-state index contributed by atoms with van der Waals surface area (Å²) < 4.78 is 0. The predicted octanol–water partition coefficient (Wildman–Crippen LogP) is 1.30. The third kappa shape index (κ3) is 3.17. The average molecular weight is 287 g/mol. The molecule has 2 saturated heterocycles. The first kappa shape index (κ1) is 13.9. The van der Waals surface area contributed by atoms with E-state index in [0.29, 0.717) is 18.5 Å². The number of piperidine rings is 1. The fraction of sp³-hybridized carbons (Fsp3) is 0.500. The molecule has 0 aliphatic carbocycles. The molecule has 1 aromatic carbocycles. The summed E-state index contributed by atoms with van der Waals surface area (Å²) in [6, 6.07) is 7.25. The van der Waals surface area contributed by atoms with Crippen LogP contribution in [0.15, 0.2) is 24.3 Å². The standard InChI is InChI=1S/C16H21N3O2/c20-15(18-14-4-3-9-17-16(14)21)12-5-7-13(8-6-12)19-10-1-2-11-19/h5-8,14H,1-4,9-11H2,(H,17,21)(H,18,20)/t14-/m0/s1. The smallest absolute Gasteiger partial charge is 0.251 e. The number of amides is 2. The number of nitrogens with one attached hydrogen (secondary N) is 2. The Morgan fingerprint density at radius 1 is 1.14 bits per heavy atom. The topological polar surface area (TPSA) is 61.4 Å². The quantitative estimate of drug-likeness (QED) is 0.881. The Hall–Kier alpha value is -2.04. The highest BCUT2D eigenvalue weighted by atomic mass is 16.2. The van der Waals surface area contributed by atoms with Gasteiger partial charge in [-0.25, -0.2) is 0 Å². The van der Waals surface area contributed by atoms with E-state index in [2.05, 4.69) is 15.5 Å². The molecule has 5 nitrogen and oxygen atoms in total. The summed E-state index contributed by atoms with van der Waals surface area (Å²) in [7, 11) is 0. The van der Waals surface area contributed by atoms with Gasteiger partial charge in [-0.05, 0) is 49.9 Å². The van der Waals surface area contributed by atoms with Crippen molar-refractivity contribution < 1.29 is 9.59 Å². The molecule has 2 aliphatic rings. The fourth-order valence-corrected chi connectivity index (χ4v) is 2.95. The molecule has 0 spiro atoms. The van der Waals surface area contributed by atoms with Crippen molar-refractivity contribution in [3.63, 3.8) is 0 Å². The van der Waals surface area contributed by atoms with Crippen LogP contribution in [0.5, 0.6) is 0 Å².